The van der Waals surface area contributed by atoms with Crippen LogP contribution in [0.15, 0.2) is 74.2 Å². The normalized spacial score (nSPS) is 16.7. The number of non-ortho nitro benzene ring substituents is 1. The Balaban J connectivity index is 1.66. The molecule has 0 amide bonds. The molecule has 1 aliphatic heterocycles. The first-order valence-electron chi connectivity index (χ1n) is 11.4. The molecule has 0 fully saturated rings. The molecule has 0 saturated carbocycles. The van der Waals surface area contributed by atoms with E-state index in [1.807, 2.05) is 19.9 Å². The van der Waals surface area contributed by atoms with Crippen LogP contribution < -0.4 is 10.2 Å². The number of ether oxygens (including phenoxy) is 2. The highest BCUT2D eigenvalue weighted by Gasteiger charge is 2.27. The van der Waals surface area contributed by atoms with Gasteiger partial charge in [0.2, 0.25) is 0 Å². The van der Waals surface area contributed by atoms with E-state index in [0.29, 0.717) is 23.3 Å². The van der Waals surface area contributed by atoms with E-state index in [0.717, 1.165) is 28.7 Å². The molecule has 3 rings (SSSR count). The maximum absolute atomic E-state index is 12.5. The van der Waals surface area contributed by atoms with Crippen molar-refractivity contribution in [2.24, 2.45) is 0 Å². The predicted octanol–water partition coefficient (Wildman–Crippen LogP) is 6.90. The molecule has 0 unspecified atom stereocenters. The molecule has 1 aromatic heterocycles. The summed E-state index contributed by atoms with van der Waals surface area (Å²) in [5.74, 6) is 0.712. The van der Waals surface area contributed by atoms with Gasteiger partial charge in [0.05, 0.1) is 23.9 Å². The summed E-state index contributed by atoms with van der Waals surface area (Å²) >= 11 is 0. The average Bonchev–Trinajstić information content (AvgIpc) is 3.25. The van der Waals surface area contributed by atoms with Crippen molar-refractivity contribution in [2.45, 2.75) is 53.6 Å². The van der Waals surface area contributed by atoms with Crippen LogP contribution >= 0.6 is 0 Å². The fourth-order valence-electron chi connectivity index (χ4n) is 4.21. The van der Waals surface area contributed by atoms with Crippen molar-refractivity contribution < 1.29 is 18.8 Å². The Morgan fingerprint density at radius 3 is 2.43 bits per heavy atom. The predicted molar refractivity (Wildman–Crippen MR) is 136 cm³/mol. The van der Waals surface area contributed by atoms with Gasteiger partial charge in [-0.25, -0.2) is 0 Å². The smallest absolute Gasteiger partial charge is 0.291 e. The van der Waals surface area contributed by atoms with Crippen LogP contribution in [0.4, 0.5) is 5.69 Å². The van der Waals surface area contributed by atoms with E-state index >= 15 is 0 Å². The van der Waals surface area contributed by atoms with E-state index in [-0.39, 0.29) is 23.2 Å². The average molecular weight is 478 g/mol. The number of nitrogens with zero attached hydrogens (tertiary/aromatic N) is 1. The Kier molecular flexibility index (Phi) is 8.12. The number of nitro groups is 1. The maximum atomic E-state index is 12.5. The minimum atomic E-state index is -0.399. The van der Waals surface area contributed by atoms with Crippen LogP contribution in [0, 0.1) is 24.0 Å². The summed E-state index contributed by atoms with van der Waals surface area (Å²) in [5.41, 5.74) is 6.35. The van der Waals surface area contributed by atoms with Crippen LogP contribution in [0.3, 0.4) is 0 Å². The molecule has 184 valence electrons. The van der Waals surface area contributed by atoms with Gasteiger partial charge in [-0.05, 0) is 64.3 Å². The van der Waals surface area contributed by atoms with E-state index < -0.39 is 4.92 Å². The second-order valence-electron chi connectivity index (χ2n) is 8.95. The third-order valence-electron chi connectivity index (χ3n) is 5.80. The number of hydrogen-bond donors (Lipinski definition) is 0. The Morgan fingerprint density at radius 2 is 1.80 bits per heavy atom. The molecule has 0 bridgehead atoms. The highest BCUT2D eigenvalue weighted by Crippen LogP contribution is 2.35. The molecule has 2 aromatic rings. The van der Waals surface area contributed by atoms with Crippen molar-refractivity contribution >= 4 is 11.8 Å². The van der Waals surface area contributed by atoms with Gasteiger partial charge in [0.15, 0.2) is 17.3 Å². The highest BCUT2D eigenvalue weighted by atomic mass is 16.6. The summed E-state index contributed by atoms with van der Waals surface area (Å²) in [6.07, 6.45) is 8.95. The Labute approximate surface area is 205 Å². The SMILES string of the molecule is COc1oc([C@H]2CC(/C=C(C)\C=C(/C)C/C(C)=C/c3ccc([N+](=O)[O-])cc3)=CO2)c(C)c(=O)c1C. The third kappa shape index (κ3) is 6.38. The van der Waals surface area contributed by atoms with Gasteiger partial charge in [-0.15, -0.1) is 0 Å². The molecule has 2 heterocycles. The minimum absolute atomic E-state index is 0.0860. The number of rotatable bonds is 8. The van der Waals surface area contributed by atoms with E-state index in [4.69, 9.17) is 13.9 Å². The summed E-state index contributed by atoms with van der Waals surface area (Å²) in [7, 11) is 1.48. The Morgan fingerprint density at radius 1 is 1.11 bits per heavy atom. The standard InChI is InChI=1S/C28H31NO6/c1-17(11-18(2)13-22-7-9-24(10-8-22)29(31)32)12-19(3)14-23-15-25(34-16-23)27-20(4)26(30)21(5)28(33-6)35-27/h7-10,12-14,16,25H,11,15H2,1-6H3/b17-12+,18-13+,19-14-/t25-/m1/s1. The van der Waals surface area contributed by atoms with E-state index in [9.17, 15) is 14.9 Å². The maximum Gasteiger partial charge on any atom is 0.291 e. The molecule has 1 aliphatic rings. The zero-order valence-electron chi connectivity index (χ0n) is 21.0. The molecule has 0 aliphatic carbocycles. The van der Waals surface area contributed by atoms with Crippen molar-refractivity contribution in [3.63, 3.8) is 0 Å². The van der Waals surface area contributed by atoms with Crippen LogP contribution in [0.5, 0.6) is 5.95 Å². The number of nitro benzene ring substituents is 1. The summed E-state index contributed by atoms with van der Waals surface area (Å²) in [5, 5.41) is 10.8. The molecular weight excluding hydrogens is 446 g/mol. The largest absolute Gasteiger partial charge is 0.489 e. The van der Waals surface area contributed by atoms with Crippen molar-refractivity contribution in [3.05, 3.63) is 108 Å². The second kappa shape index (κ2) is 11.0. The topological polar surface area (TPSA) is 91.8 Å². The lowest BCUT2D eigenvalue weighted by Gasteiger charge is -2.14. The van der Waals surface area contributed by atoms with Gasteiger partial charge in [0.1, 0.15) is 0 Å². The van der Waals surface area contributed by atoms with Gasteiger partial charge < -0.3 is 13.9 Å². The molecule has 0 spiro atoms. The van der Waals surface area contributed by atoms with Gasteiger partial charge >= 0.3 is 0 Å². The summed E-state index contributed by atoms with van der Waals surface area (Å²) < 4.78 is 16.9. The van der Waals surface area contributed by atoms with E-state index in [2.05, 4.69) is 19.1 Å². The van der Waals surface area contributed by atoms with Crippen molar-refractivity contribution in [1.82, 2.24) is 0 Å². The van der Waals surface area contributed by atoms with Gasteiger partial charge in [0.25, 0.3) is 11.6 Å². The number of benzene rings is 1. The Bertz CT molecular complexity index is 1290. The third-order valence-corrected chi connectivity index (χ3v) is 5.80. The van der Waals surface area contributed by atoms with Crippen LogP contribution in [-0.2, 0) is 4.74 Å². The van der Waals surface area contributed by atoms with Gasteiger partial charge in [-0.3, -0.25) is 14.9 Å². The molecular formula is C28H31NO6. The van der Waals surface area contributed by atoms with Crippen LogP contribution in [0.25, 0.3) is 6.08 Å². The van der Waals surface area contributed by atoms with Crippen molar-refractivity contribution in [2.75, 3.05) is 7.11 Å². The molecule has 0 N–H and O–H groups in total. The lowest BCUT2D eigenvalue weighted by Crippen LogP contribution is -2.15. The molecule has 0 saturated heterocycles. The molecule has 35 heavy (non-hydrogen) atoms. The van der Waals surface area contributed by atoms with Gasteiger partial charge in [-0.2, -0.15) is 0 Å². The minimum Gasteiger partial charge on any atom is -0.489 e. The lowest BCUT2D eigenvalue weighted by molar-refractivity contribution is -0.384. The van der Waals surface area contributed by atoms with Crippen molar-refractivity contribution in [3.8, 4) is 5.95 Å². The second-order valence-corrected chi connectivity index (χ2v) is 8.95. The first kappa shape index (κ1) is 25.7. The summed E-state index contributed by atoms with van der Waals surface area (Å²) in [6, 6.07) is 6.53. The van der Waals surface area contributed by atoms with Crippen LogP contribution in [0.1, 0.15) is 62.2 Å². The van der Waals surface area contributed by atoms with E-state index in [1.54, 1.807) is 32.2 Å². The first-order valence-corrected chi connectivity index (χ1v) is 11.4. The monoisotopic (exact) mass is 477 g/mol. The van der Waals surface area contributed by atoms with Gasteiger partial charge in [0, 0.05) is 24.1 Å². The van der Waals surface area contributed by atoms with E-state index in [1.165, 1.54) is 24.8 Å². The Hall–Kier alpha value is -3.87. The number of allylic oxidation sites excluding steroid dienone is 5. The number of hydrogen-bond acceptors (Lipinski definition) is 6. The lowest BCUT2D eigenvalue weighted by atomic mass is 10.0. The molecule has 7 heteroatoms. The van der Waals surface area contributed by atoms with Crippen LogP contribution in [0.2, 0.25) is 0 Å². The molecule has 1 aromatic carbocycles. The summed E-state index contributed by atoms with van der Waals surface area (Å²) in [4.78, 5) is 22.9. The zero-order valence-corrected chi connectivity index (χ0v) is 21.0. The first-order chi connectivity index (χ1) is 16.6. The quantitative estimate of drug-likeness (QED) is 0.233. The number of methoxy groups -OCH3 is 1. The zero-order chi connectivity index (χ0) is 25.7. The van der Waals surface area contributed by atoms with Gasteiger partial charge in [-0.1, -0.05) is 34.9 Å². The summed E-state index contributed by atoms with van der Waals surface area (Å²) in [6.45, 7) is 9.58. The highest BCUT2D eigenvalue weighted by molar-refractivity contribution is 5.55. The molecule has 1 atom stereocenters. The molecule has 7 nitrogen and oxygen atoms in total. The molecule has 0 radical (unpaired) electrons. The van der Waals surface area contributed by atoms with Crippen molar-refractivity contribution in [1.29, 1.82) is 0 Å². The van der Waals surface area contributed by atoms with Crippen LogP contribution in [-0.4, -0.2) is 12.0 Å². The fourth-order valence-corrected chi connectivity index (χ4v) is 4.21. The fraction of sp³-hybridized carbons (Fsp3) is 0.321.